The fourth-order valence-electron chi connectivity index (χ4n) is 0.752. The molecule has 0 bridgehead atoms. The summed E-state index contributed by atoms with van der Waals surface area (Å²) in [6.45, 7) is 1.15. The predicted molar refractivity (Wildman–Crippen MR) is 48.1 cm³/mol. The number of sulfone groups is 1. The van der Waals surface area contributed by atoms with Crippen LogP contribution >= 0.6 is 0 Å². The summed E-state index contributed by atoms with van der Waals surface area (Å²) >= 11 is 0. The fourth-order valence-corrected chi connectivity index (χ4v) is 1.70. The van der Waals surface area contributed by atoms with Crippen LogP contribution in [0.25, 0.3) is 0 Å². The van der Waals surface area contributed by atoms with Crippen molar-refractivity contribution in [3.63, 3.8) is 0 Å². The molecule has 1 aromatic rings. The molecule has 0 aliphatic carbocycles. The first-order valence-electron chi connectivity index (χ1n) is 3.79. The Kier molecular flexibility index (Phi) is 3.19. The van der Waals surface area contributed by atoms with Crippen molar-refractivity contribution in [2.45, 2.75) is 11.9 Å². The molecule has 1 aromatic heterocycles. The Hall–Kier alpha value is -1.43. The molecule has 6 heteroatoms. The van der Waals surface area contributed by atoms with E-state index in [-0.39, 0.29) is 5.03 Å². The maximum absolute atomic E-state index is 11.4. The van der Waals surface area contributed by atoms with Crippen molar-refractivity contribution in [2.24, 2.45) is 0 Å². The number of hydrogen-bond donors (Lipinski definition) is 0. The average Bonchev–Trinajstić information content (AvgIpc) is 2.16. The molecule has 0 amide bonds. The van der Waals surface area contributed by atoms with Crippen LogP contribution in [0.4, 0.5) is 0 Å². The van der Waals surface area contributed by atoms with Gasteiger partial charge in [0.1, 0.15) is 0 Å². The van der Waals surface area contributed by atoms with Gasteiger partial charge in [-0.15, -0.1) is 0 Å². The first-order valence-corrected chi connectivity index (χ1v) is 5.45. The second kappa shape index (κ2) is 4.19. The van der Waals surface area contributed by atoms with Gasteiger partial charge in [0.2, 0.25) is 9.84 Å². The molecular weight excluding hydrogens is 206 g/mol. The fraction of sp³-hybridized carbons (Fsp3) is 0.250. The molecular formula is C8H9NO4S. The summed E-state index contributed by atoms with van der Waals surface area (Å²) in [5, 5.41) is -0.0961. The van der Waals surface area contributed by atoms with Crippen LogP contribution in [0.2, 0.25) is 0 Å². The van der Waals surface area contributed by atoms with Gasteiger partial charge < -0.3 is 4.74 Å². The maximum atomic E-state index is 11.4. The number of carbonyl (C=O) groups excluding carboxylic acids is 1. The summed E-state index contributed by atoms with van der Waals surface area (Å²) in [6.07, 6.45) is 1.36. The number of nitrogens with zero attached hydrogens (tertiary/aromatic N) is 1. The van der Waals surface area contributed by atoms with E-state index in [1.54, 1.807) is 12.1 Å². The zero-order valence-electron chi connectivity index (χ0n) is 7.50. The third kappa shape index (κ3) is 2.81. The van der Waals surface area contributed by atoms with Crippen molar-refractivity contribution in [3.05, 3.63) is 24.4 Å². The SMILES string of the molecule is CC(=O)OCS(=O)(=O)c1ccccn1. The maximum Gasteiger partial charge on any atom is 0.303 e. The molecule has 0 aliphatic rings. The highest BCUT2D eigenvalue weighted by Gasteiger charge is 2.16. The number of ether oxygens (including phenoxy) is 1. The molecule has 1 rings (SSSR count). The quantitative estimate of drug-likeness (QED) is 0.681. The van der Waals surface area contributed by atoms with E-state index in [4.69, 9.17) is 0 Å². The van der Waals surface area contributed by atoms with Crippen LogP contribution < -0.4 is 0 Å². The van der Waals surface area contributed by atoms with Gasteiger partial charge in [-0.3, -0.25) is 4.79 Å². The third-order valence-electron chi connectivity index (χ3n) is 1.37. The van der Waals surface area contributed by atoms with Gasteiger partial charge in [-0.1, -0.05) is 6.07 Å². The lowest BCUT2D eigenvalue weighted by atomic mass is 10.5. The van der Waals surface area contributed by atoms with Crippen LogP contribution in [0, 0.1) is 0 Å². The summed E-state index contributed by atoms with van der Waals surface area (Å²) < 4.78 is 27.2. The Bertz CT molecular complexity index is 412. The summed E-state index contributed by atoms with van der Waals surface area (Å²) in [7, 11) is -3.61. The van der Waals surface area contributed by atoms with Gasteiger partial charge in [-0.2, -0.15) is 0 Å². The summed E-state index contributed by atoms with van der Waals surface area (Å²) in [5.41, 5.74) is 0. The van der Waals surface area contributed by atoms with Crippen LogP contribution in [-0.4, -0.2) is 25.3 Å². The summed E-state index contributed by atoms with van der Waals surface area (Å²) in [6, 6.07) is 4.50. The minimum atomic E-state index is -3.61. The minimum Gasteiger partial charge on any atom is -0.449 e. The van der Waals surface area contributed by atoms with E-state index in [0.29, 0.717) is 0 Å². The van der Waals surface area contributed by atoms with Crippen molar-refractivity contribution in [1.29, 1.82) is 0 Å². The first kappa shape index (κ1) is 10.6. The van der Waals surface area contributed by atoms with Gasteiger partial charge in [-0.05, 0) is 12.1 Å². The molecule has 1 heterocycles. The molecule has 0 saturated carbocycles. The topological polar surface area (TPSA) is 73.3 Å². The Labute approximate surface area is 81.6 Å². The van der Waals surface area contributed by atoms with Gasteiger partial charge >= 0.3 is 5.97 Å². The van der Waals surface area contributed by atoms with Crippen molar-refractivity contribution >= 4 is 15.8 Å². The van der Waals surface area contributed by atoms with E-state index in [1.165, 1.54) is 12.3 Å². The third-order valence-corrected chi connectivity index (χ3v) is 2.68. The lowest BCUT2D eigenvalue weighted by Gasteiger charge is -2.02. The van der Waals surface area contributed by atoms with Crippen LogP contribution in [0.3, 0.4) is 0 Å². The van der Waals surface area contributed by atoms with E-state index in [2.05, 4.69) is 9.72 Å². The molecule has 5 nitrogen and oxygen atoms in total. The monoisotopic (exact) mass is 215 g/mol. The number of hydrogen-bond acceptors (Lipinski definition) is 5. The first-order chi connectivity index (χ1) is 6.52. The summed E-state index contributed by atoms with van der Waals surface area (Å²) in [4.78, 5) is 14.1. The van der Waals surface area contributed by atoms with E-state index in [1.807, 2.05) is 0 Å². The molecule has 0 aliphatic heterocycles. The number of rotatable bonds is 3. The Morgan fingerprint density at radius 3 is 2.71 bits per heavy atom. The molecule has 0 atom stereocenters. The molecule has 0 N–H and O–H groups in total. The smallest absolute Gasteiger partial charge is 0.303 e. The molecule has 0 fully saturated rings. The number of aromatic nitrogens is 1. The van der Waals surface area contributed by atoms with Gasteiger partial charge in [0.05, 0.1) is 0 Å². The van der Waals surface area contributed by atoms with Gasteiger partial charge in [0, 0.05) is 13.1 Å². The molecule has 0 unspecified atom stereocenters. The Morgan fingerprint density at radius 2 is 2.21 bits per heavy atom. The number of esters is 1. The largest absolute Gasteiger partial charge is 0.449 e. The summed E-state index contributed by atoms with van der Waals surface area (Å²) in [5.74, 6) is -1.30. The van der Waals surface area contributed by atoms with Gasteiger partial charge in [0.25, 0.3) is 0 Å². The van der Waals surface area contributed by atoms with Crippen molar-refractivity contribution in [3.8, 4) is 0 Å². The lowest BCUT2D eigenvalue weighted by molar-refractivity contribution is -0.138. The Morgan fingerprint density at radius 1 is 1.50 bits per heavy atom. The second-order valence-electron chi connectivity index (χ2n) is 2.54. The second-order valence-corrected chi connectivity index (χ2v) is 4.42. The standard InChI is InChI=1S/C8H9NO4S/c1-7(10)13-6-14(11,12)8-4-2-3-5-9-8/h2-5H,6H2,1H3. The van der Waals surface area contributed by atoms with E-state index >= 15 is 0 Å². The zero-order valence-corrected chi connectivity index (χ0v) is 8.32. The highest BCUT2D eigenvalue weighted by Crippen LogP contribution is 2.06. The molecule has 76 valence electrons. The lowest BCUT2D eigenvalue weighted by Crippen LogP contribution is -2.13. The molecule has 0 spiro atoms. The van der Waals surface area contributed by atoms with Crippen molar-refractivity contribution < 1.29 is 17.9 Å². The average molecular weight is 215 g/mol. The molecule has 0 aromatic carbocycles. The van der Waals surface area contributed by atoms with Crippen molar-refractivity contribution in [2.75, 3.05) is 5.94 Å². The van der Waals surface area contributed by atoms with Crippen LogP contribution in [0.15, 0.2) is 29.4 Å². The van der Waals surface area contributed by atoms with E-state index < -0.39 is 21.7 Å². The Balaban J connectivity index is 2.82. The molecule has 0 radical (unpaired) electrons. The van der Waals surface area contributed by atoms with Crippen molar-refractivity contribution in [1.82, 2.24) is 4.98 Å². The molecule has 14 heavy (non-hydrogen) atoms. The molecule has 0 saturated heterocycles. The highest BCUT2D eigenvalue weighted by molar-refractivity contribution is 7.91. The van der Waals surface area contributed by atoms with E-state index in [9.17, 15) is 13.2 Å². The number of carbonyl (C=O) groups is 1. The minimum absolute atomic E-state index is 0.0961. The highest BCUT2D eigenvalue weighted by atomic mass is 32.2. The van der Waals surface area contributed by atoms with Crippen LogP contribution in [0.5, 0.6) is 0 Å². The van der Waals surface area contributed by atoms with Crippen LogP contribution in [0.1, 0.15) is 6.92 Å². The van der Waals surface area contributed by atoms with Gasteiger partial charge in [0.15, 0.2) is 11.0 Å². The number of pyridine rings is 1. The van der Waals surface area contributed by atoms with E-state index in [0.717, 1.165) is 6.92 Å². The normalized spacial score (nSPS) is 10.9. The van der Waals surface area contributed by atoms with Crippen LogP contribution in [-0.2, 0) is 19.4 Å². The van der Waals surface area contributed by atoms with Gasteiger partial charge in [-0.25, -0.2) is 13.4 Å². The predicted octanol–water partition coefficient (Wildman–Crippen LogP) is 0.376. The zero-order chi connectivity index (χ0) is 10.6.